The lowest BCUT2D eigenvalue weighted by Gasteiger charge is -2.06. The number of rotatable bonds is 7. The molecule has 0 spiro atoms. The van der Waals surface area contributed by atoms with Crippen LogP contribution in [0.15, 0.2) is 137 Å². The van der Waals surface area contributed by atoms with Crippen molar-refractivity contribution in [3.63, 3.8) is 0 Å². The topological polar surface area (TPSA) is 36.8 Å². The Morgan fingerprint density at radius 3 is 2.27 bits per heavy atom. The second-order valence-electron chi connectivity index (χ2n) is 8.88. The van der Waals surface area contributed by atoms with E-state index in [1.54, 1.807) is 6.34 Å². The molecule has 0 saturated carbocycles. The van der Waals surface area contributed by atoms with Crippen LogP contribution in [0.5, 0.6) is 0 Å². The SMILES string of the molecule is Cc1cc(NC=Nc2ccc(C3=CCC=CC=C3)cc2)ccc1N=Cc1ccc(-c2ccccc2)cc1. The van der Waals surface area contributed by atoms with Gasteiger partial charge < -0.3 is 5.32 Å². The van der Waals surface area contributed by atoms with Gasteiger partial charge >= 0.3 is 0 Å². The Kier molecular flexibility index (Phi) is 7.63. The van der Waals surface area contributed by atoms with Crippen LogP contribution in [0.2, 0.25) is 0 Å². The average molecular weight is 480 g/mol. The summed E-state index contributed by atoms with van der Waals surface area (Å²) in [4.78, 5) is 9.25. The monoisotopic (exact) mass is 479 g/mol. The van der Waals surface area contributed by atoms with Gasteiger partial charge in [-0.1, -0.05) is 97.1 Å². The minimum atomic E-state index is 0.906. The average Bonchev–Trinajstić information content (AvgIpc) is 3.24. The molecule has 1 N–H and O–H groups in total. The molecule has 0 heterocycles. The first kappa shape index (κ1) is 24.0. The molecule has 3 heteroatoms. The number of aryl methyl sites for hydroxylation is 1. The zero-order valence-electron chi connectivity index (χ0n) is 20.9. The summed E-state index contributed by atoms with van der Waals surface area (Å²) in [6.07, 6.45) is 15.3. The molecule has 0 radical (unpaired) electrons. The molecule has 1 aliphatic rings. The number of nitrogens with one attached hydrogen (secondary N) is 1. The molecule has 180 valence electrons. The van der Waals surface area contributed by atoms with E-state index in [1.807, 2.05) is 36.5 Å². The van der Waals surface area contributed by atoms with Crippen molar-refractivity contribution >= 4 is 35.2 Å². The molecule has 4 aromatic carbocycles. The number of allylic oxidation sites excluding steroid dienone is 6. The van der Waals surface area contributed by atoms with Crippen molar-refractivity contribution in [2.24, 2.45) is 9.98 Å². The molecule has 0 unspecified atom stereocenters. The number of anilines is 1. The molecular formula is C34H29N3. The number of nitrogens with zero attached hydrogens (tertiary/aromatic N) is 2. The van der Waals surface area contributed by atoms with E-state index in [-0.39, 0.29) is 0 Å². The zero-order valence-corrected chi connectivity index (χ0v) is 20.9. The van der Waals surface area contributed by atoms with E-state index >= 15 is 0 Å². The maximum absolute atomic E-state index is 4.70. The van der Waals surface area contributed by atoms with Crippen molar-refractivity contribution in [3.8, 4) is 11.1 Å². The summed E-state index contributed by atoms with van der Waals surface area (Å²) in [6, 6.07) is 33.3. The third-order valence-electron chi connectivity index (χ3n) is 6.21. The highest BCUT2D eigenvalue weighted by molar-refractivity contribution is 5.84. The van der Waals surface area contributed by atoms with Crippen molar-refractivity contribution in [2.45, 2.75) is 13.3 Å². The van der Waals surface area contributed by atoms with Crippen LogP contribution in [-0.4, -0.2) is 12.6 Å². The van der Waals surface area contributed by atoms with Crippen LogP contribution in [-0.2, 0) is 0 Å². The third-order valence-corrected chi connectivity index (χ3v) is 6.21. The molecule has 37 heavy (non-hydrogen) atoms. The van der Waals surface area contributed by atoms with E-state index in [2.05, 4.69) is 114 Å². The normalized spacial score (nSPS) is 13.2. The smallest absolute Gasteiger partial charge is 0.0930 e. The van der Waals surface area contributed by atoms with Gasteiger partial charge in [0.1, 0.15) is 0 Å². The van der Waals surface area contributed by atoms with Gasteiger partial charge in [-0.2, -0.15) is 0 Å². The molecule has 0 aromatic heterocycles. The maximum atomic E-state index is 4.70. The summed E-state index contributed by atoms with van der Waals surface area (Å²) >= 11 is 0. The van der Waals surface area contributed by atoms with Crippen LogP contribution in [0, 0.1) is 6.92 Å². The second kappa shape index (κ2) is 11.8. The molecule has 3 nitrogen and oxygen atoms in total. The Labute approximate surface area is 219 Å². The lowest BCUT2D eigenvalue weighted by atomic mass is 10.0. The minimum Gasteiger partial charge on any atom is -0.346 e. The van der Waals surface area contributed by atoms with Crippen LogP contribution < -0.4 is 5.32 Å². The molecule has 0 atom stereocenters. The summed E-state index contributed by atoms with van der Waals surface area (Å²) in [6.45, 7) is 2.07. The van der Waals surface area contributed by atoms with Gasteiger partial charge in [0.05, 0.1) is 17.7 Å². The van der Waals surface area contributed by atoms with Crippen LogP contribution in [0.3, 0.4) is 0 Å². The fourth-order valence-corrected chi connectivity index (χ4v) is 4.14. The van der Waals surface area contributed by atoms with E-state index < -0.39 is 0 Å². The van der Waals surface area contributed by atoms with E-state index in [0.29, 0.717) is 0 Å². The Bertz CT molecular complexity index is 1490. The highest BCUT2D eigenvalue weighted by atomic mass is 14.9. The van der Waals surface area contributed by atoms with E-state index in [4.69, 9.17) is 4.99 Å². The van der Waals surface area contributed by atoms with Crippen molar-refractivity contribution in [3.05, 3.63) is 144 Å². The Morgan fingerprint density at radius 2 is 1.49 bits per heavy atom. The van der Waals surface area contributed by atoms with Crippen molar-refractivity contribution in [1.29, 1.82) is 0 Å². The fourth-order valence-electron chi connectivity index (χ4n) is 4.14. The van der Waals surface area contributed by atoms with Gasteiger partial charge in [-0.15, -0.1) is 0 Å². The standard InChI is InChI=1S/C34H29N3/c1-26-23-33(37-25-36-32-19-17-31(18-20-32)29-9-5-2-3-6-10-29)21-22-34(26)35-24-27-13-15-30(16-14-27)28-11-7-4-8-12-28/h2-5,7-25H,6H2,1H3,(H,36,37). The predicted octanol–water partition coefficient (Wildman–Crippen LogP) is 9.08. The molecular weight excluding hydrogens is 450 g/mol. The molecule has 1 aliphatic carbocycles. The van der Waals surface area contributed by atoms with Crippen LogP contribution >= 0.6 is 0 Å². The number of aliphatic imine (C=N–C) groups is 2. The lowest BCUT2D eigenvalue weighted by molar-refractivity contribution is 1.40. The minimum absolute atomic E-state index is 0.906. The largest absolute Gasteiger partial charge is 0.346 e. The quantitative estimate of drug-likeness (QED) is 0.208. The Balaban J connectivity index is 1.18. The second-order valence-corrected chi connectivity index (χ2v) is 8.88. The highest BCUT2D eigenvalue weighted by Gasteiger charge is 2.01. The van der Waals surface area contributed by atoms with Gasteiger partial charge in [0.25, 0.3) is 0 Å². The van der Waals surface area contributed by atoms with Gasteiger partial charge in [0, 0.05) is 11.9 Å². The third kappa shape index (κ3) is 6.47. The van der Waals surface area contributed by atoms with Crippen LogP contribution in [0.25, 0.3) is 16.7 Å². The molecule has 0 bridgehead atoms. The van der Waals surface area contributed by atoms with Crippen molar-refractivity contribution in [2.75, 3.05) is 5.32 Å². The Hall–Kier alpha value is -4.76. The van der Waals surface area contributed by atoms with E-state index in [1.165, 1.54) is 22.3 Å². The predicted molar refractivity (Wildman–Crippen MR) is 159 cm³/mol. The van der Waals surface area contributed by atoms with E-state index in [0.717, 1.165) is 34.6 Å². The van der Waals surface area contributed by atoms with Crippen LogP contribution in [0.4, 0.5) is 17.1 Å². The van der Waals surface area contributed by atoms with Gasteiger partial charge in [-0.3, -0.25) is 4.99 Å². The first-order valence-electron chi connectivity index (χ1n) is 12.5. The van der Waals surface area contributed by atoms with Crippen LogP contribution in [0.1, 0.15) is 23.1 Å². The Morgan fingerprint density at radius 1 is 0.730 bits per heavy atom. The van der Waals surface area contributed by atoms with Crippen molar-refractivity contribution in [1.82, 2.24) is 0 Å². The fraction of sp³-hybridized carbons (Fsp3) is 0.0588. The lowest BCUT2D eigenvalue weighted by Crippen LogP contribution is -1.94. The molecule has 0 amide bonds. The summed E-state index contributed by atoms with van der Waals surface area (Å²) in [5.41, 5.74) is 9.85. The van der Waals surface area contributed by atoms with E-state index in [9.17, 15) is 0 Å². The molecule has 0 aliphatic heterocycles. The number of hydrogen-bond acceptors (Lipinski definition) is 2. The summed E-state index contributed by atoms with van der Waals surface area (Å²) in [5.74, 6) is 0. The summed E-state index contributed by atoms with van der Waals surface area (Å²) in [7, 11) is 0. The summed E-state index contributed by atoms with van der Waals surface area (Å²) < 4.78 is 0. The zero-order chi connectivity index (χ0) is 25.3. The highest BCUT2D eigenvalue weighted by Crippen LogP contribution is 2.24. The molecule has 0 saturated heterocycles. The maximum Gasteiger partial charge on any atom is 0.0930 e. The van der Waals surface area contributed by atoms with Gasteiger partial charge in [0.2, 0.25) is 0 Å². The summed E-state index contributed by atoms with van der Waals surface area (Å²) in [5, 5.41) is 3.27. The molecule has 5 rings (SSSR count). The van der Waals surface area contributed by atoms with Gasteiger partial charge in [-0.25, -0.2) is 4.99 Å². The number of benzene rings is 4. The van der Waals surface area contributed by atoms with Gasteiger partial charge in [0.15, 0.2) is 0 Å². The van der Waals surface area contributed by atoms with Crippen molar-refractivity contribution < 1.29 is 0 Å². The number of hydrogen-bond donors (Lipinski definition) is 1. The first-order valence-corrected chi connectivity index (χ1v) is 12.5. The van der Waals surface area contributed by atoms with Gasteiger partial charge in [-0.05, 0) is 77.1 Å². The molecule has 4 aromatic rings. The molecule has 0 fully saturated rings. The first-order chi connectivity index (χ1) is 18.2.